The molecule has 0 spiro atoms. The summed E-state index contributed by atoms with van der Waals surface area (Å²) in [6.07, 6.45) is 3.82. The first-order valence-corrected chi connectivity index (χ1v) is 4.50. The Kier molecular flexibility index (Phi) is 2.09. The summed E-state index contributed by atoms with van der Waals surface area (Å²) in [5, 5.41) is 7.28. The second-order valence-corrected chi connectivity index (χ2v) is 3.86. The molecule has 2 heterocycles. The van der Waals surface area contributed by atoms with E-state index < -0.39 is 0 Å². The summed E-state index contributed by atoms with van der Waals surface area (Å²) in [5.41, 5.74) is 1.17. The quantitative estimate of drug-likeness (QED) is 0.729. The number of aryl methyl sites for hydroxylation is 1. The van der Waals surface area contributed by atoms with Gasteiger partial charge in [0.25, 0.3) is 0 Å². The van der Waals surface area contributed by atoms with Crippen molar-refractivity contribution in [2.75, 3.05) is 13.1 Å². The van der Waals surface area contributed by atoms with Crippen molar-refractivity contribution in [3.05, 3.63) is 18.0 Å². The Morgan fingerprint density at radius 3 is 2.92 bits per heavy atom. The lowest BCUT2D eigenvalue weighted by Crippen LogP contribution is -2.58. The maximum atomic E-state index is 5.75. The van der Waals surface area contributed by atoms with E-state index in [0.29, 0.717) is 6.61 Å². The first kappa shape index (κ1) is 8.72. The van der Waals surface area contributed by atoms with E-state index in [1.807, 2.05) is 19.4 Å². The molecule has 2 rings (SSSR count). The fourth-order valence-electron chi connectivity index (χ4n) is 1.38. The highest BCUT2D eigenvalue weighted by Gasteiger charge is 2.32. The molecule has 1 N–H and O–H groups in total. The molecule has 0 saturated carbocycles. The second-order valence-electron chi connectivity index (χ2n) is 3.86. The molecular weight excluding hydrogens is 166 g/mol. The Labute approximate surface area is 77.9 Å². The molecule has 1 aliphatic heterocycles. The van der Waals surface area contributed by atoms with Gasteiger partial charge in [-0.1, -0.05) is 0 Å². The molecule has 13 heavy (non-hydrogen) atoms. The van der Waals surface area contributed by atoms with Crippen LogP contribution in [-0.4, -0.2) is 28.5 Å². The van der Waals surface area contributed by atoms with Crippen molar-refractivity contribution in [3.8, 4) is 0 Å². The summed E-state index contributed by atoms with van der Waals surface area (Å²) in [6.45, 7) is 4.69. The van der Waals surface area contributed by atoms with Gasteiger partial charge in [-0.3, -0.25) is 4.68 Å². The van der Waals surface area contributed by atoms with Crippen molar-refractivity contribution >= 4 is 0 Å². The van der Waals surface area contributed by atoms with Crippen molar-refractivity contribution in [1.29, 1.82) is 0 Å². The minimum absolute atomic E-state index is 0.0375. The molecule has 72 valence electrons. The minimum atomic E-state index is 0.0375. The SMILES string of the molecule is Cn1cc(COC2(C)CNC2)cn1. The largest absolute Gasteiger partial charge is 0.368 e. The average molecular weight is 181 g/mol. The number of ether oxygens (including phenoxy) is 1. The van der Waals surface area contributed by atoms with Crippen molar-refractivity contribution < 1.29 is 4.74 Å². The molecule has 1 aromatic rings. The molecular formula is C9H15N3O. The summed E-state index contributed by atoms with van der Waals surface area (Å²) < 4.78 is 7.54. The first-order chi connectivity index (χ1) is 6.18. The molecule has 1 saturated heterocycles. The Morgan fingerprint density at radius 2 is 2.46 bits per heavy atom. The molecule has 1 fully saturated rings. The van der Waals surface area contributed by atoms with Gasteiger partial charge in [0, 0.05) is 31.9 Å². The standard InChI is InChI=1S/C9H15N3O/c1-9(6-10-7-9)13-5-8-3-11-12(2)4-8/h3-4,10H,5-7H2,1-2H3. The Balaban J connectivity index is 1.85. The minimum Gasteiger partial charge on any atom is -0.368 e. The van der Waals surface area contributed by atoms with Crippen molar-refractivity contribution in [2.45, 2.75) is 19.1 Å². The number of hydrogen-bond donors (Lipinski definition) is 1. The topological polar surface area (TPSA) is 39.1 Å². The van der Waals surface area contributed by atoms with Gasteiger partial charge in [-0.2, -0.15) is 5.10 Å². The van der Waals surface area contributed by atoms with Crippen LogP contribution >= 0.6 is 0 Å². The van der Waals surface area contributed by atoms with Gasteiger partial charge in [-0.15, -0.1) is 0 Å². The molecule has 4 heteroatoms. The van der Waals surface area contributed by atoms with Crippen molar-refractivity contribution in [2.24, 2.45) is 7.05 Å². The van der Waals surface area contributed by atoms with E-state index in [1.54, 1.807) is 4.68 Å². The predicted molar refractivity (Wildman–Crippen MR) is 49.3 cm³/mol. The molecule has 1 aliphatic rings. The van der Waals surface area contributed by atoms with E-state index in [0.717, 1.165) is 18.7 Å². The zero-order chi connectivity index (χ0) is 9.31. The lowest BCUT2D eigenvalue weighted by Gasteiger charge is -2.38. The van der Waals surface area contributed by atoms with E-state index in [4.69, 9.17) is 4.74 Å². The summed E-state index contributed by atoms with van der Waals surface area (Å²) in [7, 11) is 1.91. The first-order valence-electron chi connectivity index (χ1n) is 4.50. The van der Waals surface area contributed by atoms with Crippen LogP contribution in [-0.2, 0) is 18.4 Å². The Morgan fingerprint density at radius 1 is 1.69 bits per heavy atom. The third kappa shape index (κ3) is 1.89. The summed E-state index contributed by atoms with van der Waals surface area (Å²) in [5.74, 6) is 0. The van der Waals surface area contributed by atoms with Gasteiger partial charge in [0.1, 0.15) is 0 Å². The van der Waals surface area contributed by atoms with Crippen LogP contribution in [0.25, 0.3) is 0 Å². The molecule has 0 amide bonds. The van der Waals surface area contributed by atoms with Gasteiger partial charge >= 0.3 is 0 Å². The fraction of sp³-hybridized carbons (Fsp3) is 0.667. The highest BCUT2D eigenvalue weighted by atomic mass is 16.5. The van der Waals surface area contributed by atoms with E-state index >= 15 is 0 Å². The molecule has 0 aromatic carbocycles. The highest BCUT2D eigenvalue weighted by Crippen LogP contribution is 2.17. The van der Waals surface area contributed by atoms with Crippen LogP contribution in [0.2, 0.25) is 0 Å². The monoisotopic (exact) mass is 181 g/mol. The zero-order valence-electron chi connectivity index (χ0n) is 8.08. The van der Waals surface area contributed by atoms with Gasteiger partial charge in [-0.25, -0.2) is 0 Å². The number of nitrogens with one attached hydrogen (secondary N) is 1. The van der Waals surface area contributed by atoms with E-state index in [9.17, 15) is 0 Å². The summed E-state index contributed by atoms with van der Waals surface area (Å²) in [4.78, 5) is 0. The third-order valence-corrected chi connectivity index (χ3v) is 2.34. The molecule has 0 bridgehead atoms. The highest BCUT2D eigenvalue weighted by molar-refractivity contribution is 5.02. The molecule has 0 unspecified atom stereocenters. The van der Waals surface area contributed by atoms with E-state index in [1.165, 1.54) is 0 Å². The predicted octanol–water partition coefficient (Wildman–Crippen LogP) is 0.299. The normalized spacial score (nSPS) is 19.8. The van der Waals surface area contributed by atoms with Crippen LogP contribution in [0.4, 0.5) is 0 Å². The van der Waals surface area contributed by atoms with Crippen LogP contribution in [0.1, 0.15) is 12.5 Å². The smallest absolute Gasteiger partial charge is 0.0906 e. The summed E-state index contributed by atoms with van der Waals surface area (Å²) >= 11 is 0. The summed E-state index contributed by atoms with van der Waals surface area (Å²) in [6, 6.07) is 0. The van der Waals surface area contributed by atoms with E-state index in [2.05, 4.69) is 17.3 Å². The maximum absolute atomic E-state index is 5.75. The van der Waals surface area contributed by atoms with Gasteiger partial charge < -0.3 is 10.1 Å². The lowest BCUT2D eigenvalue weighted by atomic mass is 10.0. The van der Waals surface area contributed by atoms with Gasteiger partial charge in [0.15, 0.2) is 0 Å². The molecule has 0 atom stereocenters. The molecule has 4 nitrogen and oxygen atoms in total. The number of rotatable bonds is 3. The van der Waals surface area contributed by atoms with Gasteiger partial charge in [0.05, 0.1) is 18.4 Å². The molecule has 0 aliphatic carbocycles. The number of hydrogen-bond acceptors (Lipinski definition) is 3. The maximum Gasteiger partial charge on any atom is 0.0906 e. The second kappa shape index (κ2) is 3.12. The Bertz CT molecular complexity index is 291. The number of aromatic nitrogens is 2. The average Bonchev–Trinajstić information content (AvgIpc) is 2.44. The number of nitrogens with zero attached hydrogens (tertiary/aromatic N) is 2. The van der Waals surface area contributed by atoms with Gasteiger partial charge in [-0.05, 0) is 6.92 Å². The lowest BCUT2D eigenvalue weighted by molar-refractivity contribution is -0.0767. The van der Waals surface area contributed by atoms with Crippen LogP contribution in [0.15, 0.2) is 12.4 Å². The van der Waals surface area contributed by atoms with Gasteiger partial charge in [0.2, 0.25) is 0 Å². The zero-order valence-corrected chi connectivity index (χ0v) is 8.08. The van der Waals surface area contributed by atoms with Crippen LogP contribution < -0.4 is 5.32 Å². The Hall–Kier alpha value is -0.870. The van der Waals surface area contributed by atoms with Crippen LogP contribution in [0.5, 0.6) is 0 Å². The third-order valence-electron chi connectivity index (χ3n) is 2.34. The molecule has 0 radical (unpaired) electrons. The van der Waals surface area contributed by atoms with Crippen LogP contribution in [0, 0.1) is 0 Å². The van der Waals surface area contributed by atoms with Crippen molar-refractivity contribution in [1.82, 2.24) is 15.1 Å². The van der Waals surface area contributed by atoms with E-state index in [-0.39, 0.29) is 5.60 Å². The fourth-order valence-corrected chi connectivity index (χ4v) is 1.38. The van der Waals surface area contributed by atoms with Crippen LogP contribution in [0.3, 0.4) is 0 Å². The molecule has 1 aromatic heterocycles. The van der Waals surface area contributed by atoms with Crippen molar-refractivity contribution in [3.63, 3.8) is 0 Å².